The minimum atomic E-state index is -0.280. The summed E-state index contributed by atoms with van der Waals surface area (Å²) in [5.74, 6) is 0.365. The van der Waals surface area contributed by atoms with Crippen LogP contribution in [0.3, 0.4) is 0 Å². The van der Waals surface area contributed by atoms with Crippen LogP contribution in [0.1, 0.15) is 52.0 Å². The molecule has 1 aliphatic carbocycles. The molecule has 2 aromatic carbocycles. The maximum atomic E-state index is 13.0. The molecule has 1 heterocycles. The number of nitrogens with zero attached hydrogens (tertiary/aromatic N) is 1. The summed E-state index contributed by atoms with van der Waals surface area (Å²) in [6.45, 7) is 1.86. The molecule has 0 radical (unpaired) electrons. The molecular weight excluding hydrogens is 462 g/mol. The van der Waals surface area contributed by atoms with Gasteiger partial charge in [-0.1, -0.05) is 12.1 Å². The second-order valence-electron chi connectivity index (χ2n) is 8.65. The standard InChI is InChI=1S/C27H29N3O4S/c1-17-8-13-22(24(31)15-17)25(32)29-18-9-11-19(12-10-18)30-26(33)23-7-4-14-28-27(23)34-20-5-3-6-21(16-20)35-2/h3-8,13-16,18-19,31H,9-12H2,1-2H3,(H,29,32)(H,30,33). The lowest BCUT2D eigenvalue weighted by Gasteiger charge is -2.29. The third kappa shape index (κ3) is 6.33. The smallest absolute Gasteiger partial charge is 0.257 e. The third-order valence-electron chi connectivity index (χ3n) is 6.07. The van der Waals surface area contributed by atoms with E-state index in [0.29, 0.717) is 11.3 Å². The Hall–Kier alpha value is -3.52. The molecule has 3 N–H and O–H groups in total. The molecular formula is C27H29N3O4S. The van der Waals surface area contributed by atoms with Crippen LogP contribution in [0, 0.1) is 6.92 Å². The van der Waals surface area contributed by atoms with Crippen LogP contribution < -0.4 is 15.4 Å². The molecule has 4 rings (SSSR count). The molecule has 0 atom stereocenters. The molecule has 1 aromatic heterocycles. The van der Waals surface area contributed by atoms with E-state index in [4.69, 9.17) is 4.74 Å². The van der Waals surface area contributed by atoms with Crippen LogP contribution in [-0.2, 0) is 0 Å². The molecule has 1 saturated carbocycles. The van der Waals surface area contributed by atoms with Gasteiger partial charge in [-0.3, -0.25) is 9.59 Å². The number of carbonyl (C=O) groups is 2. The maximum absolute atomic E-state index is 13.0. The number of aromatic hydroxyl groups is 1. The molecule has 0 bridgehead atoms. The summed E-state index contributed by atoms with van der Waals surface area (Å²) in [6.07, 6.45) is 6.55. The lowest BCUT2D eigenvalue weighted by atomic mass is 9.90. The van der Waals surface area contributed by atoms with Crippen molar-refractivity contribution >= 4 is 23.6 Å². The summed E-state index contributed by atoms with van der Waals surface area (Å²) < 4.78 is 5.93. The van der Waals surface area contributed by atoms with Crippen molar-refractivity contribution < 1.29 is 19.4 Å². The number of nitrogens with one attached hydrogen (secondary N) is 2. The lowest BCUT2D eigenvalue weighted by Crippen LogP contribution is -2.43. The minimum absolute atomic E-state index is 0.00245. The molecule has 7 nitrogen and oxygen atoms in total. The number of pyridine rings is 1. The van der Waals surface area contributed by atoms with Gasteiger partial charge in [-0.25, -0.2) is 4.98 Å². The summed E-state index contributed by atoms with van der Waals surface area (Å²) >= 11 is 1.61. The molecule has 0 saturated heterocycles. The first-order valence-corrected chi connectivity index (χ1v) is 12.8. The number of rotatable bonds is 7. The van der Waals surface area contributed by atoms with Gasteiger partial charge in [0.25, 0.3) is 11.8 Å². The summed E-state index contributed by atoms with van der Waals surface area (Å²) in [6, 6.07) is 16.1. The van der Waals surface area contributed by atoms with E-state index in [1.807, 2.05) is 37.4 Å². The molecule has 3 aromatic rings. The summed E-state index contributed by atoms with van der Waals surface area (Å²) in [5, 5.41) is 16.2. The lowest BCUT2D eigenvalue weighted by molar-refractivity contribution is 0.0888. The normalized spacial score (nSPS) is 17.4. The van der Waals surface area contributed by atoms with Crippen LogP contribution in [0.5, 0.6) is 17.4 Å². The fraction of sp³-hybridized carbons (Fsp3) is 0.296. The number of phenolic OH excluding ortho intramolecular Hbond substituents is 1. The first-order valence-electron chi connectivity index (χ1n) is 11.6. The van der Waals surface area contributed by atoms with Crippen LogP contribution in [0.4, 0.5) is 0 Å². The largest absolute Gasteiger partial charge is 0.507 e. The molecule has 0 unspecified atom stereocenters. The van der Waals surface area contributed by atoms with Crippen molar-refractivity contribution in [1.82, 2.24) is 15.6 Å². The third-order valence-corrected chi connectivity index (χ3v) is 6.79. The van der Waals surface area contributed by atoms with E-state index in [1.165, 1.54) is 0 Å². The van der Waals surface area contributed by atoms with Gasteiger partial charge in [0.1, 0.15) is 17.1 Å². The van der Waals surface area contributed by atoms with Gasteiger partial charge in [0.05, 0.1) is 5.56 Å². The number of amides is 2. The van der Waals surface area contributed by atoms with E-state index in [0.717, 1.165) is 36.1 Å². The zero-order valence-corrected chi connectivity index (χ0v) is 20.6. The monoisotopic (exact) mass is 491 g/mol. The Labute approximate surface area is 209 Å². The van der Waals surface area contributed by atoms with E-state index in [2.05, 4.69) is 15.6 Å². The Morgan fingerprint density at radius 2 is 1.63 bits per heavy atom. The number of hydrogen-bond acceptors (Lipinski definition) is 6. The second kappa shape index (κ2) is 11.3. The number of thioether (sulfide) groups is 1. The van der Waals surface area contributed by atoms with Crippen molar-refractivity contribution in [1.29, 1.82) is 0 Å². The number of phenols is 1. The first kappa shape index (κ1) is 24.6. The zero-order valence-electron chi connectivity index (χ0n) is 19.8. The molecule has 8 heteroatoms. The van der Waals surface area contributed by atoms with Gasteiger partial charge in [-0.15, -0.1) is 11.8 Å². The number of hydrogen-bond donors (Lipinski definition) is 3. The Kier molecular flexibility index (Phi) is 7.92. The highest BCUT2D eigenvalue weighted by Gasteiger charge is 2.26. The number of aryl methyl sites for hydroxylation is 1. The Balaban J connectivity index is 1.32. The number of benzene rings is 2. The average Bonchev–Trinajstić information content (AvgIpc) is 2.85. The van der Waals surface area contributed by atoms with Gasteiger partial charge < -0.3 is 20.5 Å². The Bertz CT molecular complexity index is 1210. The van der Waals surface area contributed by atoms with E-state index in [-0.39, 0.29) is 41.1 Å². The fourth-order valence-corrected chi connectivity index (χ4v) is 4.61. The predicted octanol–water partition coefficient (Wildman–Crippen LogP) is 5.08. The Morgan fingerprint density at radius 1 is 0.943 bits per heavy atom. The zero-order chi connectivity index (χ0) is 24.8. The van der Waals surface area contributed by atoms with E-state index in [1.54, 1.807) is 48.3 Å². The van der Waals surface area contributed by atoms with E-state index in [9.17, 15) is 14.7 Å². The predicted molar refractivity (Wildman–Crippen MR) is 136 cm³/mol. The van der Waals surface area contributed by atoms with E-state index < -0.39 is 0 Å². The molecule has 1 aliphatic rings. The fourth-order valence-electron chi connectivity index (χ4n) is 4.16. The number of carbonyl (C=O) groups excluding carboxylic acids is 2. The molecule has 182 valence electrons. The summed E-state index contributed by atoms with van der Waals surface area (Å²) in [5.41, 5.74) is 1.55. The Morgan fingerprint density at radius 3 is 2.29 bits per heavy atom. The molecule has 0 aliphatic heterocycles. The van der Waals surface area contributed by atoms with E-state index >= 15 is 0 Å². The van der Waals surface area contributed by atoms with Gasteiger partial charge in [-0.05, 0) is 86.9 Å². The second-order valence-corrected chi connectivity index (χ2v) is 9.53. The summed E-state index contributed by atoms with van der Waals surface area (Å²) in [7, 11) is 0. The SMILES string of the molecule is CSc1cccc(Oc2ncccc2C(=O)NC2CCC(NC(=O)c3ccc(C)cc3O)CC2)c1. The van der Waals surface area contributed by atoms with Gasteiger partial charge >= 0.3 is 0 Å². The molecule has 1 fully saturated rings. The van der Waals surface area contributed by atoms with Crippen molar-refractivity contribution in [3.63, 3.8) is 0 Å². The van der Waals surface area contributed by atoms with Crippen LogP contribution in [-0.4, -0.2) is 40.2 Å². The van der Waals surface area contributed by atoms with Crippen LogP contribution in [0.25, 0.3) is 0 Å². The van der Waals surface area contributed by atoms with Crippen LogP contribution >= 0.6 is 11.8 Å². The maximum Gasteiger partial charge on any atom is 0.257 e. The van der Waals surface area contributed by atoms with Crippen molar-refractivity contribution in [2.24, 2.45) is 0 Å². The number of aromatic nitrogens is 1. The minimum Gasteiger partial charge on any atom is -0.507 e. The topological polar surface area (TPSA) is 101 Å². The van der Waals surface area contributed by atoms with Gasteiger partial charge in [0.2, 0.25) is 5.88 Å². The molecule has 35 heavy (non-hydrogen) atoms. The van der Waals surface area contributed by atoms with Gasteiger partial charge in [0.15, 0.2) is 0 Å². The van der Waals surface area contributed by atoms with Crippen molar-refractivity contribution in [3.8, 4) is 17.4 Å². The van der Waals surface area contributed by atoms with Crippen LogP contribution in [0.15, 0.2) is 65.7 Å². The highest BCUT2D eigenvalue weighted by atomic mass is 32.2. The van der Waals surface area contributed by atoms with Gasteiger partial charge in [0, 0.05) is 23.2 Å². The first-order chi connectivity index (χ1) is 16.9. The van der Waals surface area contributed by atoms with Crippen LogP contribution in [0.2, 0.25) is 0 Å². The number of ether oxygens (including phenoxy) is 1. The quantitative estimate of drug-likeness (QED) is 0.399. The average molecular weight is 492 g/mol. The molecule has 0 spiro atoms. The molecule has 2 amide bonds. The van der Waals surface area contributed by atoms with Gasteiger partial charge in [-0.2, -0.15) is 0 Å². The highest BCUT2D eigenvalue weighted by molar-refractivity contribution is 7.98. The highest BCUT2D eigenvalue weighted by Crippen LogP contribution is 2.27. The van der Waals surface area contributed by atoms with Crippen molar-refractivity contribution in [2.75, 3.05) is 6.26 Å². The van der Waals surface area contributed by atoms with Crippen molar-refractivity contribution in [3.05, 3.63) is 77.5 Å². The van der Waals surface area contributed by atoms with Crippen molar-refractivity contribution in [2.45, 2.75) is 49.6 Å². The summed E-state index contributed by atoms with van der Waals surface area (Å²) in [4.78, 5) is 30.9.